The summed E-state index contributed by atoms with van der Waals surface area (Å²) in [6.45, 7) is 6.47. The number of amides is 1. The molecule has 1 aliphatic rings. The first-order valence-corrected chi connectivity index (χ1v) is 14.8. The molecule has 2 aromatic rings. The number of nitrogens with one attached hydrogen (secondary N) is 1. The van der Waals surface area contributed by atoms with E-state index in [0.29, 0.717) is 38.6 Å². The molecule has 9 heteroatoms. The Hall–Kier alpha value is -2.98. The Morgan fingerprint density at radius 3 is 2.51 bits per heavy atom. The van der Waals surface area contributed by atoms with Gasteiger partial charge < -0.3 is 25.2 Å². The lowest BCUT2D eigenvalue weighted by atomic mass is 9.99. The lowest BCUT2D eigenvalue weighted by Gasteiger charge is -2.35. The third kappa shape index (κ3) is 11.4. The number of nitrogens with two attached hydrogens (primary N) is 1. The lowest BCUT2D eigenvalue weighted by molar-refractivity contribution is -0.119. The Kier molecular flexibility index (Phi) is 13.6. The first kappa shape index (κ1) is 32.5. The molecule has 1 heterocycles. The summed E-state index contributed by atoms with van der Waals surface area (Å²) in [5, 5.41) is 12.0. The van der Waals surface area contributed by atoms with Gasteiger partial charge in [0, 0.05) is 51.3 Å². The molecule has 0 radical (unpaired) electrons. The summed E-state index contributed by atoms with van der Waals surface area (Å²) in [7, 11) is 6.04. The van der Waals surface area contributed by atoms with Gasteiger partial charge in [0.1, 0.15) is 5.75 Å². The fraction of sp³-hybridized carbons (Fsp3) is 0.562. The van der Waals surface area contributed by atoms with Crippen molar-refractivity contribution in [3.8, 4) is 16.9 Å². The average molecular weight is 568 g/mol. The second kappa shape index (κ2) is 17.1. The van der Waals surface area contributed by atoms with Crippen LogP contribution >= 0.6 is 0 Å². The highest BCUT2D eigenvalue weighted by molar-refractivity contribution is 5.96. The van der Waals surface area contributed by atoms with Gasteiger partial charge in [0.15, 0.2) is 5.96 Å². The van der Waals surface area contributed by atoms with Crippen molar-refractivity contribution in [3.63, 3.8) is 0 Å². The second-order valence-corrected chi connectivity index (χ2v) is 11.1. The zero-order valence-corrected chi connectivity index (χ0v) is 25.3. The number of aliphatic imine (C=N–C) groups is 1. The molecule has 1 atom stereocenters. The smallest absolute Gasteiger partial charge is 0.226 e. The molecule has 4 N–H and O–H groups in total. The molecular weight excluding hydrogens is 518 g/mol. The number of likely N-dealkylation sites (tertiary alicyclic amines) is 1. The van der Waals surface area contributed by atoms with E-state index in [4.69, 9.17) is 15.2 Å². The molecule has 2 aromatic carbocycles. The normalized spacial score (nSPS) is 15.7. The van der Waals surface area contributed by atoms with E-state index < -0.39 is 6.10 Å². The van der Waals surface area contributed by atoms with E-state index in [-0.39, 0.29) is 18.3 Å². The number of aliphatic hydroxyl groups is 1. The van der Waals surface area contributed by atoms with Crippen molar-refractivity contribution in [2.45, 2.75) is 64.1 Å². The molecule has 1 aliphatic heterocycles. The van der Waals surface area contributed by atoms with E-state index in [1.807, 2.05) is 12.1 Å². The minimum atomic E-state index is -0.454. The summed E-state index contributed by atoms with van der Waals surface area (Å²) in [4.78, 5) is 21.4. The summed E-state index contributed by atoms with van der Waals surface area (Å²) in [6.07, 6.45) is 4.08. The van der Waals surface area contributed by atoms with Crippen LogP contribution in [0.5, 0.6) is 5.75 Å². The zero-order valence-electron chi connectivity index (χ0n) is 25.3. The van der Waals surface area contributed by atoms with Gasteiger partial charge in [0.2, 0.25) is 5.91 Å². The number of hydrogen-bond acceptors (Lipinski definition) is 7. The van der Waals surface area contributed by atoms with E-state index >= 15 is 0 Å². The number of ether oxygens (including phenoxy) is 2. The molecule has 1 amide bonds. The highest BCUT2D eigenvalue weighted by Gasteiger charge is 2.20. The predicted octanol–water partition coefficient (Wildman–Crippen LogP) is 3.43. The van der Waals surface area contributed by atoms with Crippen molar-refractivity contribution in [1.29, 1.82) is 0 Å². The van der Waals surface area contributed by atoms with Crippen LogP contribution in [0.25, 0.3) is 11.1 Å². The number of benzene rings is 2. The summed E-state index contributed by atoms with van der Waals surface area (Å²) < 4.78 is 11.4. The van der Waals surface area contributed by atoms with Crippen molar-refractivity contribution in [1.82, 2.24) is 15.1 Å². The van der Waals surface area contributed by atoms with Gasteiger partial charge in [-0.25, -0.2) is 0 Å². The average Bonchev–Trinajstić information content (AvgIpc) is 2.95. The van der Waals surface area contributed by atoms with Crippen LogP contribution in [0, 0.1) is 0 Å². The summed E-state index contributed by atoms with van der Waals surface area (Å²) in [5.74, 6) is 0.683. The van der Waals surface area contributed by atoms with Crippen molar-refractivity contribution >= 4 is 11.9 Å². The maximum Gasteiger partial charge on any atom is 0.226 e. The molecule has 0 spiro atoms. The quantitative estimate of drug-likeness (QED) is 0.172. The highest BCUT2D eigenvalue weighted by Crippen LogP contribution is 2.32. The van der Waals surface area contributed by atoms with Crippen molar-refractivity contribution in [3.05, 3.63) is 53.6 Å². The van der Waals surface area contributed by atoms with Crippen LogP contribution < -0.4 is 15.8 Å². The fourth-order valence-electron chi connectivity index (χ4n) is 4.98. The molecule has 0 aliphatic carbocycles. The second-order valence-electron chi connectivity index (χ2n) is 11.1. The van der Waals surface area contributed by atoms with Crippen molar-refractivity contribution in [2.75, 3.05) is 54.1 Å². The molecule has 3 rings (SSSR count). The van der Waals surface area contributed by atoms with Gasteiger partial charge in [-0.15, -0.1) is 0 Å². The molecule has 0 bridgehead atoms. The maximum atomic E-state index is 12.4. The molecule has 9 nitrogen and oxygen atoms in total. The van der Waals surface area contributed by atoms with Gasteiger partial charge in [0.05, 0.1) is 12.7 Å². The SMILES string of the molecule is COCCCOc1cc(CCC(=O)NC(N)=NCCC(C)O)ccc1-c1ccc(CN2CCC(N(C)C)CC2)cc1. The minimum Gasteiger partial charge on any atom is -0.493 e. The Morgan fingerprint density at radius 1 is 1.15 bits per heavy atom. The summed E-state index contributed by atoms with van der Waals surface area (Å²) in [6, 6.07) is 15.6. The van der Waals surface area contributed by atoms with Crippen molar-refractivity contribution in [2.24, 2.45) is 10.7 Å². The number of methoxy groups -OCH3 is 1. The van der Waals surface area contributed by atoms with Gasteiger partial charge in [-0.05, 0) is 82.5 Å². The van der Waals surface area contributed by atoms with Gasteiger partial charge in [-0.3, -0.25) is 20.0 Å². The van der Waals surface area contributed by atoms with E-state index in [1.165, 1.54) is 18.4 Å². The predicted molar refractivity (Wildman–Crippen MR) is 165 cm³/mol. The third-order valence-corrected chi connectivity index (χ3v) is 7.49. The van der Waals surface area contributed by atoms with Crippen molar-refractivity contribution < 1.29 is 19.4 Å². The first-order chi connectivity index (χ1) is 19.7. The number of nitrogens with zero attached hydrogens (tertiary/aromatic N) is 3. The molecule has 1 saturated heterocycles. The number of carbonyl (C=O) groups is 1. The van der Waals surface area contributed by atoms with E-state index in [1.54, 1.807) is 14.0 Å². The largest absolute Gasteiger partial charge is 0.493 e. The Bertz CT molecular complexity index is 1100. The van der Waals surface area contributed by atoms with Crippen LogP contribution in [0.1, 0.15) is 50.2 Å². The minimum absolute atomic E-state index is 0.0784. The van der Waals surface area contributed by atoms with Crippen LogP contribution in [0.4, 0.5) is 0 Å². The third-order valence-electron chi connectivity index (χ3n) is 7.49. The monoisotopic (exact) mass is 567 g/mol. The zero-order chi connectivity index (χ0) is 29.6. The topological polar surface area (TPSA) is 113 Å². The molecular formula is C32H49N5O4. The van der Waals surface area contributed by atoms with E-state index in [0.717, 1.165) is 48.5 Å². The summed E-state index contributed by atoms with van der Waals surface area (Å²) >= 11 is 0. The van der Waals surface area contributed by atoms with E-state index in [2.05, 4.69) is 64.5 Å². The number of aliphatic hydroxyl groups excluding tert-OH is 1. The highest BCUT2D eigenvalue weighted by atomic mass is 16.5. The molecule has 0 saturated carbocycles. The van der Waals surface area contributed by atoms with Crippen LogP contribution in [0.3, 0.4) is 0 Å². The van der Waals surface area contributed by atoms with Gasteiger partial charge >= 0.3 is 0 Å². The van der Waals surface area contributed by atoms with Gasteiger partial charge in [-0.1, -0.05) is 36.4 Å². The first-order valence-electron chi connectivity index (χ1n) is 14.8. The lowest BCUT2D eigenvalue weighted by Crippen LogP contribution is -2.41. The van der Waals surface area contributed by atoms with E-state index in [9.17, 15) is 9.90 Å². The Labute approximate surface area is 245 Å². The van der Waals surface area contributed by atoms with Gasteiger partial charge in [0.25, 0.3) is 0 Å². The van der Waals surface area contributed by atoms with Crippen LogP contribution in [-0.4, -0.2) is 93.0 Å². The number of guanidine groups is 1. The number of carbonyl (C=O) groups excluding carboxylic acids is 1. The molecule has 1 fully saturated rings. The number of aryl methyl sites for hydroxylation is 1. The number of piperidine rings is 1. The maximum absolute atomic E-state index is 12.4. The number of rotatable bonds is 15. The van der Waals surface area contributed by atoms with Crippen LogP contribution in [0.15, 0.2) is 47.5 Å². The number of hydrogen-bond donors (Lipinski definition) is 3. The Balaban J connectivity index is 1.62. The standard InChI is InChI=1S/C32H49N5O4/c1-24(38)14-17-34-32(33)35-31(39)13-9-25-8-12-29(30(22-25)41-21-5-20-40-4)27-10-6-26(7-11-27)23-37-18-15-28(16-19-37)36(2)3/h6-8,10-12,22,24,28,38H,5,9,13-21,23H2,1-4H3,(H3,33,34,35,39). The molecule has 226 valence electrons. The summed E-state index contributed by atoms with van der Waals surface area (Å²) in [5.41, 5.74) is 10.3. The molecule has 1 unspecified atom stereocenters. The van der Waals surface area contributed by atoms with Crippen LogP contribution in [-0.2, 0) is 22.5 Å². The molecule has 41 heavy (non-hydrogen) atoms. The Morgan fingerprint density at radius 2 is 1.85 bits per heavy atom. The molecule has 0 aromatic heterocycles. The fourth-order valence-corrected chi connectivity index (χ4v) is 4.98. The van der Waals surface area contributed by atoms with Gasteiger partial charge in [-0.2, -0.15) is 0 Å². The van der Waals surface area contributed by atoms with Crippen LogP contribution in [0.2, 0.25) is 0 Å².